The van der Waals surface area contributed by atoms with E-state index in [1.54, 1.807) is 0 Å². The van der Waals surface area contributed by atoms with Gasteiger partial charge >= 0.3 is 0 Å². The van der Waals surface area contributed by atoms with Gasteiger partial charge in [-0.15, -0.1) is 0 Å². The normalized spacial score (nSPS) is 19.1. The van der Waals surface area contributed by atoms with Crippen molar-refractivity contribution >= 4 is 0 Å². The molecule has 2 heterocycles. The number of benzene rings is 4. The van der Waals surface area contributed by atoms with Gasteiger partial charge in [-0.1, -0.05) is 121 Å². The van der Waals surface area contributed by atoms with E-state index >= 15 is 0 Å². The number of nitrogens with zero attached hydrogens (tertiary/aromatic N) is 6. The Bertz CT molecular complexity index is 1200. The Labute approximate surface area is 290 Å². The van der Waals surface area contributed by atoms with Gasteiger partial charge in [0.1, 0.15) is 0 Å². The maximum Gasteiger partial charge on any atom is 0.0234 e. The van der Waals surface area contributed by atoms with Gasteiger partial charge in [-0.3, -0.25) is 29.4 Å². The molecular formula is C42H56N6. The van der Waals surface area contributed by atoms with E-state index in [-0.39, 0.29) is 0 Å². The molecule has 6 nitrogen and oxygen atoms in total. The highest BCUT2D eigenvalue weighted by atomic mass is 15.3. The summed E-state index contributed by atoms with van der Waals surface area (Å²) in [7, 11) is 0. The fourth-order valence-corrected chi connectivity index (χ4v) is 7.10. The molecule has 0 bridgehead atoms. The molecular weight excluding hydrogens is 589 g/mol. The van der Waals surface area contributed by atoms with E-state index in [2.05, 4.69) is 151 Å². The molecule has 48 heavy (non-hydrogen) atoms. The lowest BCUT2D eigenvalue weighted by Crippen LogP contribution is -2.43. The molecule has 0 aromatic heterocycles. The molecule has 4 aromatic rings. The van der Waals surface area contributed by atoms with Gasteiger partial charge in [0, 0.05) is 118 Å². The maximum atomic E-state index is 2.75. The van der Waals surface area contributed by atoms with Crippen molar-refractivity contribution in [3.63, 3.8) is 0 Å². The quantitative estimate of drug-likeness (QED) is 0.210. The minimum atomic E-state index is 1.02. The molecule has 2 aliphatic rings. The lowest BCUT2D eigenvalue weighted by Gasteiger charge is -2.30. The van der Waals surface area contributed by atoms with Crippen LogP contribution in [-0.4, -0.2) is 121 Å². The van der Waals surface area contributed by atoms with Crippen LogP contribution in [0.3, 0.4) is 0 Å². The highest BCUT2D eigenvalue weighted by Crippen LogP contribution is 2.13. The van der Waals surface area contributed by atoms with Gasteiger partial charge in [-0.05, 0) is 22.3 Å². The van der Waals surface area contributed by atoms with E-state index in [0.717, 1.165) is 118 Å². The first-order chi connectivity index (χ1) is 23.7. The smallest absolute Gasteiger partial charge is 0.0234 e. The monoisotopic (exact) mass is 644 g/mol. The summed E-state index contributed by atoms with van der Waals surface area (Å²) in [5, 5.41) is 0. The largest absolute Gasteiger partial charge is 0.300 e. The molecule has 0 radical (unpaired) electrons. The Morgan fingerprint density at radius 3 is 0.646 bits per heavy atom. The number of rotatable bonds is 11. The second-order valence-corrected chi connectivity index (χ2v) is 13.7. The van der Waals surface area contributed by atoms with Gasteiger partial charge in [0.2, 0.25) is 0 Å². The standard InChI is InChI=1S/C42H56N6/c1-5-13-39(14-6-1)35-45-27-23-43(24-28-46(32-31-45)36-40-15-7-2-8-16-40)21-22-44-25-29-47(37-41-17-9-3-10-18-41)33-34-48(30-26-44)38-42-19-11-4-12-20-42/h1-20H,21-38H2. The zero-order valence-electron chi connectivity index (χ0n) is 29.0. The van der Waals surface area contributed by atoms with Gasteiger partial charge < -0.3 is 0 Å². The van der Waals surface area contributed by atoms with Crippen molar-refractivity contribution in [2.24, 2.45) is 0 Å². The average Bonchev–Trinajstić information content (AvgIpc) is 3.28. The SMILES string of the molecule is c1ccc(CN2CCN(CCN3CCN(Cc4ccccc4)CCN(Cc4ccccc4)CC3)CCN(Cc3ccccc3)CC2)cc1. The Morgan fingerprint density at radius 1 is 0.250 bits per heavy atom. The molecule has 254 valence electrons. The second kappa shape index (κ2) is 19.0. The third-order valence-corrected chi connectivity index (χ3v) is 10.1. The van der Waals surface area contributed by atoms with Crippen LogP contribution in [0.15, 0.2) is 121 Å². The molecule has 0 saturated carbocycles. The van der Waals surface area contributed by atoms with Crippen molar-refractivity contribution in [3.8, 4) is 0 Å². The van der Waals surface area contributed by atoms with Crippen LogP contribution in [0.2, 0.25) is 0 Å². The first-order valence-electron chi connectivity index (χ1n) is 18.2. The van der Waals surface area contributed by atoms with Crippen LogP contribution < -0.4 is 0 Å². The van der Waals surface area contributed by atoms with E-state index in [1.165, 1.54) is 22.3 Å². The third-order valence-electron chi connectivity index (χ3n) is 10.1. The maximum absolute atomic E-state index is 2.75. The van der Waals surface area contributed by atoms with Crippen molar-refractivity contribution in [2.45, 2.75) is 26.2 Å². The Morgan fingerprint density at radius 2 is 0.438 bits per heavy atom. The minimum Gasteiger partial charge on any atom is -0.300 e. The second-order valence-electron chi connectivity index (χ2n) is 13.7. The molecule has 4 aromatic carbocycles. The summed E-state index contributed by atoms with van der Waals surface area (Å²) in [6, 6.07) is 44.1. The number of hydrogen-bond acceptors (Lipinski definition) is 6. The van der Waals surface area contributed by atoms with E-state index in [4.69, 9.17) is 0 Å². The van der Waals surface area contributed by atoms with Crippen molar-refractivity contribution in [3.05, 3.63) is 144 Å². The van der Waals surface area contributed by atoms with Crippen LogP contribution in [0.25, 0.3) is 0 Å². The predicted octanol–water partition coefficient (Wildman–Crippen LogP) is 5.63. The van der Waals surface area contributed by atoms with Crippen LogP contribution in [0.4, 0.5) is 0 Å². The summed E-state index contributed by atoms with van der Waals surface area (Å²) in [6.45, 7) is 19.7. The zero-order chi connectivity index (χ0) is 32.6. The average molecular weight is 645 g/mol. The summed E-state index contributed by atoms with van der Waals surface area (Å²) in [5.74, 6) is 0. The molecule has 2 aliphatic heterocycles. The highest BCUT2D eigenvalue weighted by Gasteiger charge is 2.20. The van der Waals surface area contributed by atoms with E-state index < -0.39 is 0 Å². The molecule has 2 fully saturated rings. The van der Waals surface area contributed by atoms with Crippen LogP contribution in [-0.2, 0) is 26.2 Å². The van der Waals surface area contributed by atoms with E-state index in [1.807, 2.05) is 0 Å². The highest BCUT2D eigenvalue weighted by molar-refractivity contribution is 5.17. The minimum absolute atomic E-state index is 1.02. The third kappa shape index (κ3) is 11.7. The predicted molar refractivity (Wildman–Crippen MR) is 200 cm³/mol. The fraction of sp³-hybridized carbons (Fsp3) is 0.429. The van der Waals surface area contributed by atoms with Gasteiger partial charge in [-0.2, -0.15) is 0 Å². The number of hydrogen-bond donors (Lipinski definition) is 0. The zero-order valence-corrected chi connectivity index (χ0v) is 29.0. The molecule has 0 aliphatic carbocycles. The molecule has 0 spiro atoms. The first-order valence-corrected chi connectivity index (χ1v) is 18.2. The lowest BCUT2D eigenvalue weighted by molar-refractivity contribution is 0.164. The van der Waals surface area contributed by atoms with Crippen LogP contribution in [0, 0.1) is 0 Å². The topological polar surface area (TPSA) is 19.4 Å². The summed E-state index contributed by atoms with van der Waals surface area (Å²) in [4.78, 5) is 16.2. The Hall–Kier alpha value is -3.36. The van der Waals surface area contributed by atoms with E-state index in [9.17, 15) is 0 Å². The summed E-state index contributed by atoms with van der Waals surface area (Å²) >= 11 is 0. The lowest BCUT2D eigenvalue weighted by atomic mass is 10.2. The van der Waals surface area contributed by atoms with Gasteiger partial charge in [0.25, 0.3) is 0 Å². The van der Waals surface area contributed by atoms with Crippen molar-refractivity contribution < 1.29 is 0 Å². The molecule has 0 atom stereocenters. The van der Waals surface area contributed by atoms with Crippen LogP contribution in [0.5, 0.6) is 0 Å². The summed E-state index contributed by atoms with van der Waals surface area (Å²) < 4.78 is 0. The molecule has 2 saturated heterocycles. The molecule has 6 heteroatoms. The van der Waals surface area contributed by atoms with Crippen molar-refractivity contribution in [2.75, 3.05) is 91.6 Å². The Balaban J connectivity index is 1.10. The molecule has 0 N–H and O–H groups in total. The van der Waals surface area contributed by atoms with Gasteiger partial charge in [0.15, 0.2) is 0 Å². The molecule has 6 rings (SSSR count). The fourth-order valence-electron chi connectivity index (χ4n) is 7.10. The summed E-state index contributed by atoms with van der Waals surface area (Å²) in [5.41, 5.74) is 5.65. The van der Waals surface area contributed by atoms with Crippen molar-refractivity contribution in [1.82, 2.24) is 29.4 Å². The van der Waals surface area contributed by atoms with Crippen LogP contribution >= 0.6 is 0 Å². The molecule has 0 amide bonds. The molecule has 0 unspecified atom stereocenters. The van der Waals surface area contributed by atoms with Crippen LogP contribution in [0.1, 0.15) is 22.3 Å². The van der Waals surface area contributed by atoms with Gasteiger partial charge in [0.05, 0.1) is 0 Å². The Kier molecular flexibility index (Phi) is 13.6. The van der Waals surface area contributed by atoms with E-state index in [0.29, 0.717) is 0 Å². The first kappa shape index (κ1) is 34.5. The van der Waals surface area contributed by atoms with Crippen molar-refractivity contribution in [1.29, 1.82) is 0 Å². The summed E-state index contributed by atoms with van der Waals surface area (Å²) in [6.07, 6.45) is 0. The van der Waals surface area contributed by atoms with Gasteiger partial charge in [-0.25, -0.2) is 0 Å².